The van der Waals surface area contributed by atoms with Gasteiger partial charge < -0.3 is 15.4 Å². The van der Waals surface area contributed by atoms with Crippen LogP contribution in [0.25, 0.3) is 11.3 Å². The fourth-order valence-electron chi connectivity index (χ4n) is 3.28. The zero-order chi connectivity index (χ0) is 24.3. The third-order valence-corrected chi connectivity index (χ3v) is 4.98. The Balaban J connectivity index is 1.71. The smallest absolute Gasteiger partial charge is 0.411 e. The molecule has 34 heavy (non-hydrogen) atoms. The van der Waals surface area contributed by atoms with Gasteiger partial charge in [-0.25, -0.2) is 9.48 Å². The summed E-state index contributed by atoms with van der Waals surface area (Å²) in [6.45, 7) is 3.69. The maximum atomic E-state index is 12.4. The van der Waals surface area contributed by atoms with Crippen LogP contribution in [0, 0.1) is 0 Å². The highest BCUT2D eigenvalue weighted by Crippen LogP contribution is 2.17. The molecule has 0 aliphatic heterocycles. The first-order valence-corrected chi connectivity index (χ1v) is 11.1. The fourth-order valence-corrected chi connectivity index (χ4v) is 3.28. The lowest BCUT2D eigenvalue weighted by Gasteiger charge is -2.10. The molecule has 0 bridgehead atoms. The van der Waals surface area contributed by atoms with Crippen LogP contribution >= 0.6 is 0 Å². The van der Waals surface area contributed by atoms with Gasteiger partial charge in [-0.3, -0.25) is 14.9 Å². The number of nitrogens with zero attached hydrogens (tertiary/aromatic N) is 2. The van der Waals surface area contributed by atoms with E-state index in [-0.39, 0.29) is 24.6 Å². The molecule has 3 aromatic rings. The highest BCUT2D eigenvalue weighted by molar-refractivity contribution is 5.94. The number of carbonyl (C=O) groups is 2. The lowest BCUT2D eigenvalue weighted by molar-refractivity contribution is 0.0953. The maximum Gasteiger partial charge on any atom is 0.411 e. The minimum Gasteiger partial charge on any atom is -0.450 e. The lowest BCUT2D eigenvalue weighted by Crippen LogP contribution is -2.26. The summed E-state index contributed by atoms with van der Waals surface area (Å²) in [5, 5.41) is 13.1. The number of rotatable bonds is 10. The van der Waals surface area contributed by atoms with Crippen LogP contribution < -0.4 is 21.5 Å². The summed E-state index contributed by atoms with van der Waals surface area (Å²) < 4.78 is 6.26. The van der Waals surface area contributed by atoms with Gasteiger partial charge in [0.25, 0.3) is 11.5 Å². The van der Waals surface area contributed by atoms with E-state index in [9.17, 15) is 14.4 Å². The van der Waals surface area contributed by atoms with Gasteiger partial charge in [0.2, 0.25) is 0 Å². The second-order valence-corrected chi connectivity index (χ2v) is 7.55. The third kappa shape index (κ3) is 7.01. The molecule has 0 saturated carbocycles. The van der Waals surface area contributed by atoms with Crippen molar-refractivity contribution in [3.05, 3.63) is 82.1 Å². The van der Waals surface area contributed by atoms with Crippen LogP contribution in [0.4, 0.5) is 10.5 Å². The molecule has 1 aromatic heterocycles. The molecule has 0 spiro atoms. The minimum atomic E-state index is -0.535. The normalized spacial score (nSPS) is 10.5. The topological polar surface area (TPSA) is 114 Å². The number of benzene rings is 2. The van der Waals surface area contributed by atoms with Crippen LogP contribution in [0.2, 0.25) is 0 Å². The second-order valence-electron chi connectivity index (χ2n) is 7.55. The molecule has 2 amide bonds. The summed E-state index contributed by atoms with van der Waals surface area (Å²) >= 11 is 0. The monoisotopic (exact) mass is 463 g/mol. The van der Waals surface area contributed by atoms with Crippen molar-refractivity contribution in [3.8, 4) is 11.3 Å². The van der Waals surface area contributed by atoms with Gasteiger partial charge in [-0.2, -0.15) is 5.10 Å². The van der Waals surface area contributed by atoms with Crippen LogP contribution in [0.1, 0.15) is 29.3 Å². The summed E-state index contributed by atoms with van der Waals surface area (Å²) in [7, 11) is 1.87. The third-order valence-electron chi connectivity index (χ3n) is 4.98. The quantitative estimate of drug-likeness (QED) is 0.399. The Kier molecular flexibility index (Phi) is 8.93. The van der Waals surface area contributed by atoms with E-state index in [0.717, 1.165) is 24.1 Å². The van der Waals surface area contributed by atoms with Crippen molar-refractivity contribution in [3.63, 3.8) is 0 Å². The molecular weight excluding hydrogens is 434 g/mol. The Morgan fingerprint density at radius 3 is 2.56 bits per heavy atom. The summed E-state index contributed by atoms with van der Waals surface area (Å²) in [4.78, 5) is 36.3. The molecule has 9 nitrogen and oxygen atoms in total. The zero-order valence-corrected chi connectivity index (χ0v) is 19.3. The molecule has 3 rings (SSSR count). The first-order chi connectivity index (χ1) is 16.5. The lowest BCUT2D eigenvalue weighted by atomic mass is 10.1. The SMILES string of the molecule is CCOC(=O)Nc1cccc(Cn2nc(-c3ccc(C(=O)NCCCNC)cc3)ccc2=O)c1. The Morgan fingerprint density at radius 1 is 1.03 bits per heavy atom. The Hall–Kier alpha value is -3.98. The highest BCUT2D eigenvalue weighted by Gasteiger charge is 2.09. The molecule has 2 aromatic carbocycles. The molecule has 178 valence electrons. The predicted octanol–water partition coefficient (Wildman–Crippen LogP) is 2.87. The van der Waals surface area contributed by atoms with E-state index in [1.807, 2.05) is 25.2 Å². The predicted molar refractivity (Wildman–Crippen MR) is 131 cm³/mol. The van der Waals surface area contributed by atoms with E-state index in [1.165, 1.54) is 10.7 Å². The summed E-state index contributed by atoms with van der Waals surface area (Å²) in [5.41, 5.74) is 3.09. The number of amides is 2. The van der Waals surface area contributed by atoms with Gasteiger partial charge in [0, 0.05) is 29.4 Å². The van der Waals surface area contributed by atoms with Gasteiger partial charge in [0.1, 0.15) is 0 Å². The zero-order valence-electron chi connectivity index (χ0n) is 19.3. The van der Waals surface area contributed by atoms with Gasteiger partial charge >= 0.3 is 6.09 Å². The van der Waals surface area contributed by atoms with Gasteiger partial charge in [-0.05, 0) is 62.8 Å². The molecule has 0 radical (unpaired) electrons. The van der Waals surface area contributed by atoms with Gasteiger partial charge in [-0.1, -0.05) is 24.3 Å². The van der Waals surface area contributed by atoms with Crippen molar-refractivity contribution < 1.29 is 14.3 Å². The molecule has 0 aliphatic carbocycles. The van der Waals surface area contributed by atoms with Gasteiger partial charge in [-0.15, -0.1) is 0 Å². The van der Waals surface area contributed by atoms with E-state index in [2.05, 4.69) is 21.0 Å². The average molecular weight is 464 g/mol. The van der Waals surface area contributed by atoms with E-state index < -0.39 is 6.09 Å². The van der Waals surface area contributed by atoms with Crippen molar-refractivity contribution in [2.24, 2.45) is 0 Å². The van der Waals surface area contributed by atoms with Crippen LogP contribution in [0.15, 0.2) is 65.5 Å². The van der Waals surface area contributed by atoms with Crippen LogP contribution in [-0.2, 0) is 11.3 Å². The molecule has 3 N–H and O–H groups in total. The van der Waals surface area contributed by atoms with Gasteiger partial charge in [0.15, 0.2) is 0 Å². The first kappa shape index (κ1) is 24.7. The van der Waals surface area contributed by atoms with Crippen molar-refractivity contribution in [1.82, 2.24) is 20.4 Å². The Labute approximate surface area is 198 Å². The van der Waals surface area contributed by atoms with Crippen LogP contribution in [0.3, 0.4) is 0 Å². The van der Waals surface area contributed by atoms with Crippen molar-refractivity contribution in [2.45, 2.75) is 19.9 Å². The summed E-state index contributed by atoms with van der Waals surface area (Å²) in [6.07, 6.45) is 0.320. The number of hydrogen-bond donors (Lipinski definition) is 3. The number of ether oxygens (including phenoxy) is 1. The van der Waals surface area contributed by atoms with Crippen LogP contribution in [-0.4, -0.2) is 48.5 Å². The standard InChI is InChI=1S/C25H29N5O4/c1-3-34-25(33)28-21-7-4-6-18(16-21)17-30-23(31)13-12-22(29-30)19-8-10-20(11-9-19)24(32)27-15-5-14-26-2/h4,6-13,16,26H,3,5,14-15,17H2,1-2H3,(H,27,32)(H,28,33). The number of aromatic nitrogens is 2. The Morgan fingerprint density at radius 2 is 1.82 bits per heavy atom. The first-order valence-electron chi connectivity index (χ1n) is 11.1. The summed E-state index contributed by atoms with van der Waals surface area (Å²) in [6, 6.07) is 17.4. The van der Waals surface area contributed by atoms with Crippen LogP contribution in [0.5, 0.6) is 0 Å². The van der Waals surface area contributed by atoms with Crippen molar-refractivity contribution >= 4 is 17.7 Å². The molecule has 0 aliphatic rings. The van der Waals surface area contributed by atoms with E-state index in [4.69, 9.17) is 4.74 Å². The van der Waals surface area contributed by atoms with E-state index >= 15 is 0 Å². The Bertz CT molecular complexity index is 1170. The molecule has 0 unspecified atom stereocenters. The molecule has 0 saturated heterocycles. The number of nitrogens with one attached hydrogen (secondary N) is 3. The van der Waals surface area contributed by atoms with Gasteiger partial charge in [0.05, 0.1) is 18.8 Å². The largest absolute Gasteiger partial charge is 0.450 e. The van der Waals surface area contributed by atoms with E-state index in [0.29, 0.717) is 23.5 Å². The fraction of sp³-hybridized carbons (Fsp3) is 0.280. The number of carbonyl (C=O) groups excluding carboxylic acids is 2. The molecular formula is C25H29N5O4. The maximum absolute atomic E-state index is 12.4. The highest BCUT2D eigenvalue weighted by atomic mass is 16.5. The molecule has 1 heterocycles. The van der Waals surface area contributed by atoms with E-state index in [1.54, 1.807) is 43.3 Å². The average Bonchev–Trinajstić information content (AvgIpc) is 2.83. The number of hydrogen-bond acceptors (Lipinski definition) is 6. The minimum absolute atomic E-state index is 0.128. The van der Waals surface area contributed by atoms with Crippen molar-refractivity contribution in [2.75, 3.05) is 32.1 Å². The molecule has 0 fully saturated rings. The molecule has 9 heteroatoms. The summed E-state index contributed by atoms with van der Waals surface area (Å²) in [5.74, 6) is -0.128. The van der Waals surface area contributed by atoms with Crippen molar-refractivity contribution in [1.29, 1.82) is 0 Å². The molecule has 0 atom stereocenters. The second kappa shape index (κ2) is 12.3. The number of anilines is 1.